The minimum atomic E-state index is -0.0933. The van der Waals surface area contributed by atoms with Gasteiger partial charge in [0, 0.05) is 15.9 Å². The smallest absolute Gasteiger partial charge is 0.287 e. The molecule has 1 saturated carbocycles. The van der Waals surface area contributed by atoms with Crippen LogP contribution in [0.5, 0.6) is 0 Å². The monoisotopic (exact) mass is 335 g/mol. The molecule has 0 saturated heterocycles. The Morgan fingerprint density at radius 2 is 1.90 bits per heavy atom. The van der Waals surface area contributed by atoms with Crippen LogP contribution in [0.15, 0.2) is 33.2 Å². The van der Waals surface area contributed by atoms with Crippen molar-refractivity contribution in [3.05, 3.63) is 34.5 Å². The van der Waals surface area contributed by atoms with Crippen LogP contribution in [0.1, 0.15) is 49.1 Å². The van der Waals surface area contributed by atoms with Crippen molar-refractivity contribution in [1.82, 2.24) is 5.32 Å². The van der Waals surface area contributed by atoms with E-state index >= 15 is 0 Å². The fourth-order valence-corrected chi connectivity index (χ4v) is 3.19. The van der Waals surface area contributed by atoms with Crippen LogP contribution in [-0.2, 0) is 0 Å². The van der Waals surface area contributed by atoms with Crippen LogP contribution in [0.25, 0.3) is 11.0 Å². The first-order valence-electron chi connectivity index (χ1n) is 7.22. The average molecular weight is 336 g/mol. The van der Waals surface area contributed by atoms with Gasteiger partial charge in [0.25, 0.3) is 5.91 Å². The highest BCUT2D eigenvalue weighted by Gasteiger charge is 2.18. The summed E-state index contributed by atoms with van der Waals surface area (Å²) >= 11 is 3.42. The lowest BCUT2D eigenvalue weighted by Crippen LogP contribution is -2.34. The zero-order valence-corrected chi connectivity index (χ0v) is 12.9. The highest BCUT2D eigenvalue weighted by Crippen LogP contribution is 2.24. The minimum Gasteiger partial charge on any atom is -0.451 e. The van der Waals surface area contributed by atoms with Gasteiger partial charge in [-0.25, -0.2) is 0 Å². The van der Waals surface area contributed by atoms with Gasteiger partial charge in [0.15, 0.2) is 5.76 Å². The van der Waals surface area contributed by atoms with Gasteiger partial charge in [0.2, 0.25) is 0 Å². The topological polar surface area (TPSA) is 42.2 Å². The first-order valence-corrected chi connectivity index (χ1v) is 8.01. The van der Waals surface area contributed by atoms with Gasteiger partial charge in [0.05, 0.1) is 0 Å². The summed E-state index contributed by atoms with van der Waals surface area (Å²) in [5, 5.41) is 4.06. The largest absolute Gasteiger partial charge is 0.451 e. The van der Waals surface area contributed by atoms with E-state index in [0.717, 1.165) is 28.3 Å². The lowest BCUT2D eigenvalue weighted by atomic mass is 10.1. The predicted molar refractivity (Wildman–Crippen MR) is 82.9 cm³/mol. The summed E-state index contributed by atoms with van der Waals surface area (Å²) in [6, 6.07) is 7.86. The molecule has 1 heterocycles. The fraction of sp³-hybridized carbons (Fsp3) is 0.438. The molecular formula is C16H18BrNO2. The minimum absolute atomic E-state index is 0.0933. The van der Waals surface area contributed by atoms with Crippen LogP contribution in [0.2, 0.25) is 0 Å². The summed E-state index contributed by atoms with van der Waals surface area (Å²) in [7, 11) is 0. The first-order chi connectivity index (χ1) is 9.72. The summed E-state index contributed by atoms with van der Waals surface area (Å²) < 4.78 is 6.61. The van der Waals surface area contributed by atoms with Crippen LogP contribution >= 0.6 is 15.9 Å². The number of carbonyl (C=O) groups excluding carboxylic acids is 1. The maximum Gasteiger partial charge on any atom is 0.287 e. The van der Waals surface area contributed by atoms with Crippen molar-refractivity contribution in [3.8, 4) is 0 Å². The van der Waals surface area contributed by atoms with Crippen molar-refractivity contribution in [2.45, 2.75) is 44.6 Å². The van der Waals surface area contributed by atoms with Crippen molar-refractivity contribution in [1.29, 1.82) is 0 Å². The Labute approximate surface area is 126 Å². The molecule has 1 amide bonds. The van der Waals surface area contributed by atoms with Crippen LogP contribution in [0.3, 0.4) is 0 Å². The average Bonchev–Trinajstić information content (AvgIpc) is 2.68. The number of benzene rings is 1. The van der Waals surface area contributed by atoms with Gasteiger partial charge in [-0.2, -0.15) is 0 Å². The van der Waals surface area contributed by atoms with Gasteiger partial charge in [-0.05, 0) is 37.1 Å². The van der Waals surface area contributed by atoms with Gasteiger partial charge in [0.1, 0.15) is 5.58 Å². The van der Waals surface area contributed by atoms with Gasteiger partial charge in [-0.3, -0.25) is 4.79 Å². The van der Waals surface area contributed by atoms with Gasteiger partial charge in [-0.1, -0.05) is 41.6 Å². The molecular weight excluding hydrogens is 318 g/mol. The van der Waals surface area contributed by atoms with Crippen molar-refractivity contribution in [2.24, 2.45) is 0 Å². The number of carbonyl (C=O) groups is 1. The molecule has 1 aliphatic carbocycles. The van der Waals surface area contributed by atoms with Gasteiger partial charge < -0.3 is 9.73 Å². The maximum atomic E-state index is 12.3. The molecule has 1 aromatic heterocycles. The second kappa shape index (κ2) is 6.00. The van der Waals surface area contributed by atoms with E-state index in [2.05, 4.69) is 21.2 Å². The number of hydrogen-bond acceptors (Lipinski definition) is 2. The predicted octanol–water partition coefficient (Wildman–Crippen LogP) is 4.65. The molecule has 106 valence electrons. The molecule has 0 atom stereocenters. The number of furan rings is 1. The second-order valence-corrected chi connectivity index (χ2v) is 6.37. The van der Waals surface area contributed by atoms with E-state index in [1.165, 1.54) is 25.7 Å². The summed E-state index contributed by atoms with van der Waals surface area (Å²) in [5.41, 5.74) is 0.749. The number of amides is 1. The molecule has 3 rings (SSSR count). The normalized spacial score (nSPS) is 17.1. The number of halogens is 1. The second-order valence-electron chi connectivity index (χ2n) is 5.45. The third kappa shape index (κ3) is 3.06. The van der Waals surface area contributed by atoms with Crippen LogP contribution in [-0.4, -0.2) is 11.9 Å². The molecule has 20 heavy (non-hydrogen) atoms. The molecule has 3 nitrogen and oxygen atoms in total. The van der Waals surface area contributed by atoms with Crippen LogP contribution in [0, 0.1) is 0 Å². The number of hydrogen-bond donors (Lipinski definition) is 1. The Morgan fingerprint density at radius 3 is 2.65 bits per heavy atom. The number of nitrogens with one attached hydrogen (secondary N) is 1. The van der Waals surface area contributed by atoms with Gasteiger partial charge >= 0.3 is 0 Å². The number of fused-ring (bicyclic) bond motifs is 1. The molecule has 2 aromatic rings. The maximum absolute atomic E-state index is 12.3. The molecule has 0 unspecified atom stereocenters. The lowest BCUT2D eigenvalue weighted by molar-refractivity contribution is 0.0907. The van der Waals surface area contributed by atoms with E-state index in [4.69, 9.17) is 4.42 Å². The molecule has 0 bridgehead atoms. The zero-order valence-electron chi connectivity index (χ0n) is 11.3. The summed E-state index contributed by atoms with van der Waals surface area (Å²) in [6.45, 7) is 0. The van der Waals surface area contributed by atoms with Crippen molar-refractivity contribution in [2.75, 3.05) is 0 Å². The highest BCUT2D eigenvalue weighted by atomic mass is 79.9. The van der Waals surface area contributed by atoms with Crippen LogP contribution in [0.4, 0.5) is 0 Å². The Kier molecular flexibility index (Phi) is 4.10. The Hall–Kier alpha value is -1.29. The van der Waals surface area contributed by atoms with Crippen LogP contribution < -0.4 is 5.32 Å². The summed E-state index contributed by atoms with van der Waals surface area (Å²) in [6.07, 6.45) is 7.14. The Morgan fingerprint density at radius 1 is 1.15 bits per heavy atom. The first kappa shape index (κ1) is 13.7. The van der Waals surface area contributed by atoms with E-state index in [9.17, 15) is 4.79 Å². The lowest BCUT2D eigenvalue weighted by Gasteiger charge is -2.14. The molecule has 1 fully saturated rings. The Balaban J connectivity index is 1.74. The van der Waals surface area contributed by atoms with Crippen molar-refractivity contribution >= 4 is 32.8 Å². The van der Waals surface area contributed by atoms with E-state index in [1.807, 2.05) is 24.3 Å². The van der Waals surface area contributed by atoms with Crippen molar-refractivity contribution in [3.63, 3.8) is 0 Å². The highest BCUT2D eigenvalue weighted by molar-refractivity contribution is 9.10. The Bertz CT molecular complexity index is 612. The molecule has 0 aliphatic heterocycles. The fourth-order valence-electron chi connectivity index (χ4n) is 2.81. The van der Waals surface area contributed by atoms with E-state index in [1.54, 1.807) is 0 Å². The number of rotatable bonds is 2. The SMILES string of the molecule is O=C(NC1CCCCCC1)c1cc2cc(Br)ccc2o1. The van der Waals surface area contributed by atoms with Gasteiger partial charge in [-0.15, -0.1) is 0 Å². The van der Waals surface area contributed by atoms with Crippen molar-refractivity contribution < 1.29 is 9.21 Å². The molecule has 4 heteroatoms. The quantitative estimate of drug-likeness (QED) is 0.811. The summed E-state index contributed by atoms with van der Waals surface area (Å²) in [5.74, 6) is 0.312. The molecule has 0 spiro atoms. The third-order valence-corrected chi connectivity index (χ3v) is 4.39. The molecule has 1 aromatic carbocycles. The standard InChI is InChI=1S/C16H18BrNO2/c17-12-7-8-14-11(9-12)10-15(20-14)16(19)18-13-5-3-1-2-4-6-13/h7-10,13H,1-6H2,(H,18,19). The molecule has 0 radical (unpaired) electrons. The molecule has 1 N–H and O–H groups in total. The molecule has 1 aliphatic rings. The summed E-state index contributed by atoms with van der Waals surface area (Å²) in [4.78, 5) is 12.3. The van der Waals surface area contributed by atoms with E-state index in [-0.39, 0.29) is 5.91 Å². The third-order valence-electron chi connectivity index (χ3n) is 3.89. The van der Waals surface area contributed by atoms with E-state index in [0.29, 0.717) is 11.8 Å². The van der Waals surface area contributed by atoms with E-state index < -0.39 is 0 Å². The zero-order chi connectivity index (χ0) is 13.9.